The lowest BCUT2D eigenvalue weighted by molar-refractivity contribution is 0.0316. The zero-order valence-corrected chi connectivity index (χ0v) is 7.05. The van der Waals surface area contributed by atoms with E-state index in [4.69, 9.17) is 4.74 Å². The number of ether oxygens (including phenoxy) is 1. The summed E-state index contributed by atoms with van der Waals surface area (Å²) in [7, 11) is 0. The van der Waals surface area contributed by atoms with E-state index >= 15 is 0 Å². The fourth-order valence-electron chi connectivity index (χ4n) is 2.19. The van der Waals surface area contributed by atoms with Gasteiger partial charge in [0.15, 0.2) is 0 Å². The Hall–Kier alpha value is -0.0400. The molecule has 2 rings (SSSR count). The van der Waals surface area contributed by atoms with Crippen molar-refractivity contribution >= 4 is 0 Å². The Morgan fingerprint density at radius 1 is 1.40 bits per heavy atom. The highest BCUT2D eigenvalue weighted by Gasteiger charge is 2.55. The third-order valence-corrected chi connectivity index (χ3v) is 3.60. The minimum atomic E-state index is 0.541. The Bertz CT molecular complexity index is 155. The molecule has 1 heteroatoms. The second-order valence-corrected chi connectivity index (χ2v) is 4.21. The maximum Gasteiger partial charge on any atom is 0.0894 e. The van der Waals surface area contributed by atoms with Gasteiger partial charge in [0.05, 0.1) is 12.2 Å². The Labute approximate surface area is 62.8 Å². The lowest BCUT2D eigenvalue weighted by Crippen LogP contribution is -2.40. The van der Waals surface area contributed by atoms with Crippen LogP contribution in [0.2, 0.25) is 0 Å². The van der Waals surface area contributed by atoms with E-state index in [1.54, 1.807) is 0 Å². The topological polar surface area (TPSA) is 12.5 Å². The summed E-state index contributed by atoms with van der Waals surface area (Å²) in [5.74, 6) is 0.891. The monoisotopic (exact) mass is 140 g/mol. The molecule has 0 radical (unpaired) electrons. The van der Waals surface area contributed by atoms with Gasteiger partial charge in [-0.3, -0.25) is 0 Å². The summed E-state index contributed by atoms with van der Waals surface area (Å²) in [4.78, 5) is 0. The van der Waals surface area contributed by atoms with Gasteiger partial charge in [-0.05, 0) is 31.1 Å². The lowest BCUT2D eigenvalue weighted by atomic mass is 9.60. The summed E-state index contributed by atoms with van der Waals surface area (Å²) in [6.07, 6.45) is 3.93. The number of epoxide rings is 1. The minimum Gasteiger partial charge on any atom is -0.369 e. The molecule has 0 amide bonds. The highest BCUT2D eigenvalue weighted by Crippen LogP contribution is 2.55. The van der Waals surface area contributed by atoms with Crippen molar-refractivity contribution in [2.75, 3.05) is 0 Å². The van der Waals surface area contributed by atoms with E-state index in [9.17, 15) is 0 Å². The van der Waals surface area contributed by atoms with Gasteiger partial charge in [0.25, 0.3) is 0 Å². The third-order valence-electron chi connectivity index (χ3n) is 3.60. The molecule has 4 atom stereocenters. The Morgan fingerprint density at radius 2 is 2.00 bits per heavy atom. The first kappa shape index (κ1) is 6.66. The predicted octanol–water partition coefficient (Wildman–Crippen LogP) is 2.21. The lowest BCUT2D eigenvalue weighted by Gasteiger charge is -2.44. The zero-order chi connectivity index (χ0) is 7.35. The Balaban J connectivity index is 2.02. The van der Waals surface area contributed by atoms with Gasteiger partial charge >= 0.3 is 0 Å². The molecule has 1 saturated carbocycles. The number of hydrogen-bond acceptors (Lipinski definition) is 1. The Morgan fingerprint density at radius 3 is 2.10 bits per heavy atom. The summed E-state index contributed by atoms with van der Waals surface area (Å²) in [5.41, 5.74) is 0.541. The molecule has 0 spiro atoms. The molecule has 2 fully saturated rings. The van der Waals surface area contributed by atoms with Crippen molar-refractivity contribution in [3.63, 3.8) is 0 Å². The van der Waals surface area contributed by atoms with Crippen molar-refractivity contribution in [3.8, 4) is 0 Å². The summed E-state index contributed by atoms with van der Waals surface area (Å²) < 4.78 is 5.49. The van der Waals surface area contributed by atoms with E-state index in [2.05, 4.69) is 20.8 Å². The van der Waals surface area contributed by atoms with Crippen molar-refractivity contribution < 1.29 is 4.74 Å². The Kier molecular flexibility index (Phi) is 1.17. The van der Waals surface area contributed by atoms with Crippen LogP contribution >= 0.6 is 0 Å². The first-order valence-corrected chi connectivity index (χ1v) is 4.30. The highest BCUT2D eigenvalue weighted by molar-refractivity contribution is 5.03. The third kappa shape index (κ3) is 0.672. The van der Waals surface area contributed by atoms with Gasteiger partial charge in [0.2, 0.25) is 0 Å². The zero-order valence-electron chi connectivity index (χ0n) is 7.05. The van der Waals surface area contributed by atoms with Crippen LogP contribution in [0.4, 0.5) is 0 Å². The molecule has 0 aromatic rings. The van der Waals surface area contributed by atoms with Crippen LogP contribution in [0.3, 0.4) is 0 Å². The van der Waals surface area contributed by atoms with Crippen molar-refractivity contribution in [2.45, 2.75) is 45.8 Å². The van der Waals surface area contributed by atoms with E-state index in [1.165, 1.54) is 12.8 Å². The number of hydrogen-bond donors (Lipinski definition) is 0. The second-order valence-electron chi connectivity index (χ2n) is 4.21. The van der Waals surface area contributed by atoms with Gasteiger partial charge in [-0.15, -0.1) is 0 Å². The van der Waals surface area contributed by atoms with Crippen molar-refractivity contribution in [1.29, 1.82) is 0 Å². The summed E-state index contributed by atoms with van der Waals surface area (Å²) >= 11 is 0. The maximum absolute atomic E-state index is 5.49. The molecular weight excluding hydrogens is 124 g/mol. The van der Waals surface area contributed by atoms with E-state index in [0.717, 1.165) is 5.92 Å². The fourth-order valence-corrected chi connectivity index (χ4v) is 2.19. The molecule has 1 heterocycles. The van der Waals surface area contributed by atoms with Crippen LogP contribution in [0.5, 0.6) is 0 Å². The molecule has 0 N–H and O–H groups in total. The molecule has 3 unspecified atom stereocenters. The molecule has 0 aromatic carbocycles. The summed E-state index contributed by atoms with van der Waals surface area (Å²) in [6.45, 7) is 6.90. The number of rotatable bonds is 1. The van der Waals surface area contributed by atoms with Gasteiger partial charge in [0.1, 0.15) is 0 Å². The van der Waals surface area contributed by atoms with Gasteiger partial charge in [-0.1, -0.05) is 13.8 Å². The minimum absolute atomic E-state index is 0.541. The summed E-state index contributed by atoms with van der Waals surface area (Å²) in [5, 5.41) is 0. The fraction of sp³-hybridized carbons (Fsp3) is 1.00. The van der Waals surface area contributed by atoms with Crippen LogP contribution in [-0.2, 0) is 4.74 Å². The first-order valence-electron chi connectivity index (χ1n) is 4.30. The molecular formula is C9H16O. The van der Waals surface area contributed by atoms with Gasteiger partial charge < -0.3 is 4.74 Å². The smallest absolute Gasteiger partial charge is 0.0894 e. The average molecular weight is 140 g/mol. The van der Waals surface area contributed by atoms with Crippen LogP contribution in [0, 0.1) is 11.3 Å². The molecule has 1 nitrogen and oxygen atoms in total. The van der Waals surface area contributed by atoms with Crippen LogP contribution in [-0.4, -0.2) is 12.2 Å². The molecule has 2 aliphatic rings. The van der Waals surface area contributed by atoms with Crippen molar-refractivity contribution in [3.05, 3.63) is 0 Å². The SMILES string of the molecule is CC1OC1[C@]1(C)CCC1C. The largest absolute Gasteiger partial charge is 0.369 e. The van der Waals surface area contributed by atoms with Gasteiger partial charge in [-0.25, -0.2) is 0 Å². The van der Waals surface area contributed by atoms with Crippen LogP contribution < -0.4 is 0 Å². The first-order chi connectivity index (χ1) is 4.64. The molecule has 0 aromatic heterocycles. The molecule has 1 aliphatic carbocycles. The second kappa shape index (κ2) is 1.76. The summed E-state index contributed by atoms with van der Waals surface area (Å²) in [6, 6.07) is 0. The molecule has 1 saturated heterocycles. The van der Waals surface area contributed by atoms with Crippen LogP contribution in [0.15, 0.2) is 0 Å². The maximum atomic E-state index is 5.49. The van der Waals surface area contributed by atoms with E-state index in [1.807, 2.05) is 0 Å². The standard InChI is InChI=1S/C9H16O/c1-6-4-5-9(6,3)8-7(2)10-8/h6-8H,4-5H2,1-3H3/t6?,7?,8?,9-/m1/s1. The highest BCUT2D eigenvalue weighted by atomic mass is 16.6. The van der Waals surface area contributed by atoms with E-state index in [0.29, 0.717) is 17.6 Å². The van der Waals surface area contributed by atoms with Crippen LogP contribution in [0.1, 0.15) is 33.6 Å². The van der Waals surface area contributed by atoms with Crippen molar-refractivity contribution in [1.82, 2.24) is 0 Å². The molecule has 58 valence electrons. The molecule has 0 bridgehead atoms. The molecule has 10 heavy (non-hydrogen) atoms. The van der Waals surface area contributed by atoms with E-state index in [-0.39, 0.29) is 0 Å². The average Bonchev–Trinajstić information content (AvgIpc) is 2.62. The van der Waals surface area contributed by atoms with E-state index < -0.39 is 0 Å². The predicted molar refractivity (Wildman–Crippen MR) is 40.8 cm³/mol. The quantitative estimate of drug-likeness (QED) is 0.509. The normalized spacial score (nSPS) is 59.7. The molecule has 1 aliphatic heterocycles. The van der Waals surface area contributed by atoms with Crippen LogP contribution in [0.25, 0.3) is 0 Å². The van der Waals surface area contributed by atoms with Crippen molar-refractivity contribution in [2.24, 2.45) is 11.3 Å². The van der Waals surface area contributed by atoms with Gasteiger partial charge in [0, 0.05) is 0 Å². The van der Waals surface area contributed by atoms with Gasteiger partial charge in [-0.2, -0.15) is 0 Å².